The van der Waals surface area contributed by atoms with Crippen LogP contribution in [0.4, 0.5) is 0 Å². The first-order valence-electron chi connectivity index (χ1n) is 6.58. The van der Waals surface area contributed by atoms with Crippen molar-refractivity contribution < 1.29 is 19.1 Å². The summed E-state index contributed by atoms with van der Waals surface area (Å²) in [6.07, 6.45) is 5.08. The Kier molecular flexibility index (Phi) is 11.1. The van der Waals surface area contributed by atoms with E-state index in [2.05, 4.69) is 15.9 Å². The Morgan fingerprint density at radius 1 is 1.00 bits per heavy atom. The highest BCUT2D eigenvalue weighted by Crippen LogP contribution is 2.14. The van der Waals surface area contributed by atoms with E-state index in [1.807, 2.05) is 6.92 Å². The second-order valence-electron chi connectivity index (χ2n) is 3.98. The SMILES string of the molecule is CCOC(=O)CCCCCCC(Br)C(=O)OCC. The van der Waals surface area contributed by atoms with E-state index in [1.165, 1.54) is 0 Å². The predicted octanol–water partition coefficient (Wildman–Crippen LogP) is 3.22. The Labute approximate surface area is 118 Å². The molecule has 1 unspecified atom stereocenters. The Balaban J connectivity index is 3.40. The first kappa shape index (κ1) is 17.4. The van der Waals surface area contributed by atoms with Crippen molar-refractivity contribution in [2.45, 2.75) is 57.2 Å². The quantitative estimate of drug-likeness (QED) is 0.352. The number of halogens is 1. The van der Waals surface area contributed by atoms with Gasteiger partial charge in [0.15, 0.2) is 0 Å². The van der Waals surface area contributed by atoms with Crippen molar-refractivity contribution in [1.82, 2.24) is 0 Å². The van der Waals surface area contributed by atoms with E-state index in [0.717, 1.165) is 32.1 Å². The van der Waals surface area contributed by atoms with Gasteiger partial charge in [0.25, 0.3) is 0 Å². The van der Waals surface area contributed by atoms with Gasteiger partial charge in [-0.1, -0.05) is 35.2 Å². The summed E-state index contributed by atoms with van der Waals surface area (Å²) in [6.45, 7) is 4.47. The number of unbranched alkanes of at least 4 members (excludes halogenated alkanes) is 3. The number of hydrogen-bond donors (Lipinski definition) is 0. The van der Waals surface area contributed by atoms with Crippen molar-refractivity contribution in [2.24, 2.45) is 0 Å². The minimum Gasteiger partial charge on any atom is -0.466 e. The molecule has 0 bridgehead atoms. The van der Waals surface area contributed by atoms with Crippen molar-refractivity contribution in [3.63, 3.8) is 0 Å². The molecule has 4 nitrogen and oxygen atoms in total. The van der Waals surface area contributed by atoms with Gasteiger partial charge in [-0.05, 0) is 26.7 Å². The molecular formula is C13H23BrO4. The zero-order chi connectivity index (χ0) is 13.8. The summed E-state index contributed by atoms with van der Waals surface area (Å²) in [4.78, 5) is 22.1. The third kappa shape index (κ3) is 9.45. The van der Waals surface area contributed by atoms with Crippen LogP contribution in [-0.2, 0) is 19.1 Å². The minimum atomic E-state index is -0.206. The fourth-order valence-electron chi connectivity index (χ4n) is 1.53. The Morgan fingerprint density at radius 2 is 1.61 bits per heavy atom. The van der Waals surface area contributed by atoms with Crippen molar-refractivity contribution in [3.05, 3.63) is 0 Å². The summed E-state index contributed by atoms with van der Waals surface area (Å²) >= 11 is 3.31. The highest BCUT2D eigenvalue weighted by atomic mass is 79.9. The summed E-state index contributed by atoms with van der Waals surface area (Å²) in [5.74, 6) is -0.314. The number of esters is 2. The first-order chi connectivity index (χ1) is 8.61. The molecule has 18 heavy (non-hydrogen) atoms. The van der Waals surface area contributed by atoms with Gasteiger partial charge in [-0.25, -0.2) is 0 Å². The van der Waals surface area contributed by atoms with Gasteiger partial charge in [-0.15, -0.1) is 0 Å². The second kappa shape index (κ2) is 11.5. The van der Waals surface area contributed by atoms with E-state index in [1.54, 1.807) is 6.92 Å². The molecule has 0 saturated heterocycles. The number of ether oxygens (including phenoxy) is 2. The summed E-state index contributed by atoms with van der Waals surface area (Å²) in [5.41, 5.74) is 0. The molecule has 0 aliphatic carbocycles. The largest absolute Gasteiger partial charge is 0.466 e. The van der Waals surface area contributed by atoms with Crippen molar-refractivity contribution in [2.75, 3.05) is 13.2 Å². The molecule has 0 aliphatic rings. The summed E-state index contributed by atoms with van der Waals surface area (Å²) < 4.78 is 9.73. The standard InChI is InChI=1S/C13H23BrO4/c1-3-17-12(15)10-8-6-5-7-9-11(14)13(16)18-4-2/h11H,3-10H2,1-2H3. The van der Waals surface area contributed by atoms with E-state index < -0.39 is 0 Å². The smallest absolute Gasteiger partial charge is 0.319 e. The van der Waals surface area contributed by atoms with E-state index in [4.69, 9.17) is 9.47 Å². The molecule has 0 fully saturated rings. The number of carbonyl (C=O) groups excluding carboxylic acids is 2. The van der Waals surface area contributed by atoms with Crippen molar-refractivity contribution in [3.8, 4) is 0 Å². The lowest BCUT2D eigenvalue weighted by molar-refractivity contribution is -0.143. The lowest BCUT2D eigenvalue weighted by atomic mass is 10.1. The lowest BCUT2D eigenvalue weighted by Crippen LogP contribution is -2.17. The third-order valence-electron chi connectivity index (χ3n) is 2.44. The van der Waals surface area contributed by atoms with Gasteiger partial charge in [0, 0.05) is 6.42 Å². The molecular weight excluding hydrogens is 300 g/mol. The molecule has 0 aromatic rings. The van der Waals surface area contributed by atoms with Crippen LogP contribution in [-0.4, -0.2) is 30.0 Å². The van der Waals surface area contributed by atoms with Crippen LogP contribution in [0.25, 0.3) is 0 Å². The molecule has 5 heteroatoms. The Bertz CT molecular complexity index is 243. The zero-order valence-corrected chi connectivity index (χ0v) is 12.8. The molecule has 0 saturated carbocycles. The van der Waals surface area contributed by atoms with Crippen LogP contribution >= 0.6 is 15.9 Å². The van der Waals surface area contributed by atoms with Crippen LogP contribution in [0.3, 0.4) is 0 Å². The van der Waals surface area contributed by atoms with Gasteiger partial charge < -0.3 is 9.47 Å². The van der Waals surface area contributed by atoms with Crippen LogP contribution in [0.5, 0.6) is 0 Å². The molecule has 0 heterocycles. The van der Waals surface area contributed by atoms with Crippen molar-refractivity contribution in [1.29, 1.82) is 0 Å². The summed E-state index contributed by atoms with van der Waals surface area (Å²) in [6, 6.07) is 0. The van der Waals surface area contributed by atoms with E-state index in [9.17, 15) is 9.59 Å². The minimum absolute atomic E-state index is 0.123. The number of rotatable bonds is 10. The van der Waals surface area contributed by atoms with Gasteiger partial charge in [0.1, 0.15) is 4.83 Å². The van der Waals surface area contributed by atoms with E-state index in [-0.39, 0.29) is 16.8 Å². The highest BCUT2D eigenvalue weighted by Gasteiger charge is 2.14. The van der Waals surface area contributed by atoms with Crippen LogP contribution in [0.15, 0.2) is 0 Å². The average molecular weight is 323 g/mol. The normalized spacial score (nSPS) is 11.9. The zero-order valence-electron chi connectivity index (χ0n) is 11.2. The average Bonchev–Trinajstić information content (AvgIpc) is 2.33. The number of carbonyl (C=O) groups is 2. The third-order valence-corrected chi connectivity index (χ3v) is 3.27. The maximum absolute atomic E-state index is 11.3. The van der Waals surface area contributed by atoms with E-state index in [0.29, 0.717) is 19.6 Å². The Morgan fingerprint density at radius 3 is 2.22 bits per heavy atom. The van der Waals surface area contributed by atoms with Gasteiger partial charge in [0.05, 0.1) is 13.2 Å². The molecule has 0 rings (SSSR count). The molecule has 0 radical (unpaired) electrons. The summed E-state index contributed by atoms with van der Waals surface area (Å²) in [5, 5.41) is 0. The summed E-state index contributed by atoms with van der Waals surface area (Å²) in [7, 11) is 0. The van der Waals surface area contributed by atoms with Crippen LogP contribution < -0.4 is 0 Å². The number of alkyl halides is 1. The first-order valence-corrected chi connectivity index (χ1v) is 7.49. The molecule has 106 valence electrons. The lowest BCUT2D eigenvalue weighted by Gasteiger charge is -2.08. The molecule has 0 N–H and O–H groups in total. The topological polar surface area (TPSA) is 52.6 Å². The van der Waals surface area contributed by atoms with Gasteiger partial charge in [-0.2, -0.15) is 0 Å². The second-order valence-corrected chi connectivity index (χ2v) is 5.08. The van der Waals surface area contributed by atoms with Gasteiger partial charge >= 0.3 is 11.9 Å². The van der Waals surface area contributed by atoms with Crippen LogP contribution in [0.1, 0.15) is 52.4 Å². The van der Waals surface area contributed by atoms with E-state index >= 15 is 0 Å². The fourth-order valence-corrected chi connectivity index (χ4v) is 1.99. The molecule has 0 aromatic heterocycles. The fraction of sp³-hybridized carbons (Fsp3) is 0.846. The van der Waals surface area contributed by atoms with Crippen molar-refractivity contribution >= 4 is 27.9 Å². The Hall–Kier alpha value is -0.580. The molecule has 0 spiro atoms. The maximum Gasteiger partial charge on any atom is 0.319 e. The van der Waals surface area contributed by atoms with Gasteiger partial charge in [0.2, 0.25) is 0 Å². The van der Waals surface area contributed by atoms with Gasteiger partial charge in [-0.3, -0.25) is 9.59 Å². The monoisotopic (exact) mass is 322 g/mol. The van der Waals surface area contributed by atoms with Crippen LogP contribution in [0, 0.1) is 0 Å². The molecule has 1 atom stereocenters. The number of hydrogen-bond acceptors (Lipinski definition) is 4. The molecule has 0 aliphatic heterocycles. The maximum atomic E-state index is 11.3. The molecule has 0 aromatic carbocycles. The predicted molar refractivity (Wildman–Crippen MR) is 73.7 cm³/mol. The van der Waals surface area contributed by atoms with Crippen LogP contribution in [0.2, 0.25) is 0 Å². The molecule has 0 amide bonds. The highest BCUT2D eigenvalue weighted by molar-refractivity contribution is 9.10.